The molecule has 2 N–H and O–H groups in total. The minimum atomic E-state index is -0.105. The van der Waals surface area contributed by atoms with E-state index < -0.39 is 0 Å². The molecule has 122 valence electrons. The molecular weight excluding hydrogens is 284 g/mol. The molecule has 0 radical (unpaired) electrons. The van der Waals surface area contributed by atoms with Crippen LogP contribution in [0.4, 0.5) is 0 Å². The van der Waals surface area contributed by atoms with Crippen LogP contribution in [0.1, 0.15) is 23.2 Å². The molecule has 22 heavy (non-hydrogen) atoms. The molecule has 0 spiro atoms. The predicted molar refractivity (Wildman–Crippen MR) is 84.1 cm³/mol. The Morgan fingerprint density at radius 1 is 1.27 bits per heavy atom. The SMILES string of the molecule is COc1cc(O)c(C(=O)CCCN2CCNCC2)c(OC)c1. The number of hydrogen-bond acceptors (Lipinski definition) is 6. The molecule has 0 amide bonds. The van der Waals surface area contributed by atoms with E-state index in [4.69, 9.17) is 9.47 Å². The molecule has 0 unspecified atom stereocenters. The molecule has 0 aromatic heterocycles. The number of nitrogens with zero attached hydrogens (tertiary/aromatic N) is 1. The van der Waals surface area contributed by atoms with Crippen molar-refractivity contribution in [1.82, 2.24) is 10.2 Å². The van der Waals surface area contributed by atoms with Gasteiger partial charge in [-0.15, -0.1) is 0 Å². The molecule has 6 nitrogen and oxygen atoms in total. The zero-order valence-corrected chi connectivity index (χ0v) is 13.2. The summed E-state index contributed by atoms with van der Waals surface area (Å²) in [6.45, 7) is 4.94. The zero-order valence-electron chi connectivity index (χ0n) is 13.2. The smallest absolute Gasteiger partial charge is 0.170 e. The van der Waals surface area contributed by atoms with E-state index in [1.165, 1.54) is 20.3 Å². The van der Waals surface area contributed by atoms with Gasteiger partial charge in [0.1, 0.15) is 22.8 Å². The number of nitrogens with one attached hydrogen (secondary N) is 1. The number of piperazine rings is 1. The fraction of sp³-hybridized carbons (Fsp3) is 0.562. The Morgan fingerprint density at radius 3 is 2.64 bits per heavy atom. The highest BCUT2D eigenvalue weighted by Crippen LogP contribution is 2.34. The van der Waals surface area contributed by atoms with Crippen molar-refractivity contribution in [3.63, 3.8) is 0 Å². The average molecular weight is 308 g/mol. The number of hydrogen-bond donors (Lipinski definition) is 2. The summed E-state index contributed by atoms with van der Waals surface area (Å²) in [5.41, 5.74) is 0.239. The first kappa shape index (κ1) is 16.6. The number of methoxy groups -OCH3 is 2. The van der Waals surface area contributed by atoms with Crippen LogP contribution < -0.4 is 14.8 Å². The van der Waals surface area contributed by atoms with Gasteiger partial charge in [-0.2, -0.15) is 0 Å². The van der Waals surface area contributed by atoms with E-state index >= 15 is 0 Å². The molecule has 0 saturated carbocycles. The summed E-state index contributed by atoms with van der Waals surface area (Å²) in [5, 5.41) is 13.4. The summed E-state index contributed by atoms with van der Waals surface area (Å²) in [6.07, 6.45) is 1.16. The van der Waals surface area contributed by atoms with E-state index in [9.17, 15) is 9.90 Å². The van der Waals surface area contributed by atoms with Crippen molar-refractivity contribution in [3.05, 3.63) is 17.7 Å². The summed E-state index contributed by atoms with van der Waals surface area (Å²) in [7, 11) is 2.98. The molecule has 0 aliphatic carbocycles. The van der Waals surface area contributed by atoms with Crippen molar-refractivity contribution in [1.29, 1.82) is 0 Å². The Labute approximate surface area is 131 Å². The molecular formula is C16H24N2O4. The third-order valence-electron chi connectivity index (χ3n) is 3.88. The Kier molecular flexibility index (Phi) is 6.03. The molecule has 1 saturated heterocycles. The van der Waals surface area contributed by atoms with Crippen LogP contribution in [0.3, 0.4) is 0 Å². The van der Waals surface area contributed by atoms with Crippen LogP contribution in [0.15, 0.2) is 12.1 Å². The van der Waals surface area contributed by atoms with Crippen LogP contribution in [0, 0.1) is 0 Å². The Balaban J connectivity index is 1.96. The summed E-state index contributed by atoms with van der Waals surface area (Å²) < 4.78 is 10.3. The fourth-order valence-corrected chi connectivity index (χ4v) is 2.66. The maximum absolute atomic E-state index is 12.4. The van der Waals surface area contributed by atoms with Gasteiger partial charge < -0.3 is 24.8 Å². The molecule has 0 bridgehead atoms. The fourth-order valence-electron chi connectivity index (χ4n) is 2.66. The standard InChI is InChI=1S/C16H24N2O4/c1-21-12-10-14(20)16(15(11-12)22-2)13(19)4-3-7-18-8-5-17-6-9-18/h10-11,17,20H,3-9H2,1-2H3. The van der Waals surface area contributed by atoms with Crippen LogP contribution in [0.25, 0.3) is 0 Å². The molecule has 1 aliphatic rings. The van der Waals surface area contributed by atoms with Crippen LogP contribution >= 0.6 is 0 Å². The van der Waals surface area contributed by atoms with Crippen LogP contribution in [-0.4, -0.2) is 62.7 Å². The zero-order chi connectivity index (χ0) is 15.9. The number of carbonyl (C=O) groups is 1. The maximum atomic E-state index is 12.4. The van der Waals surface area contributed by atoms with Gasteiger partial charge in [0, 0.05) is 44.7 Å². The van der Waals surface area contributed by atoms with Crippen molar-refractivity contribution in [3.8, 4) is 17.2 Å². The second-order valence-corrected chi connectivity index (χ2v) is 5.34. The highest BCUT2D eigenvalue weighted by atomic mass is 16.5. The van der Waals surface area contributed by atoms with Gasteiger partial charge in [-0.25, -0.2) is 0 Å². The Hall–Kier alpha value is -1.79. The maximum Gasteiger partial charge on any atom is 0.170 e. The van der Waals surface area contributed by atoms with Gasteiger partial charge in [0.15, 0.2) is 5.78 Å². The molecule has 1 heterocycles. The van der Waals surface area contributed by atoms with Gasteiger partial charge in [0.25, 0.3) is 0 Å². The third kappa shape index (κ3) is 4.11. The molecule has 1 aromatic carbocycles. The molecule has 6 heteroatoms. The van der Waals surface area contributed by atoms with E-state index in [1.54, 1.807) is 6.07 Å². The van der Waals surface area contributed by atoms with Crippen molar-refractivity contribution < 1.29 is 19.4 Å². The van der Waals surface area contributed by atoms with E-state index in [-0.39, 0.29) is 17.1 Å². The highest BCUT2D eigenvalue weighted by Gasteiger charge is 2.19. The van der Waals surface area contributed by atoms with Crippen molar-refractivity contribution in [2.24, 2.45) is 0 Å². The van der Waals surface area contributed by atoms with E-state index in [0.29, 0.717) is 17.9 Å². The van der Waals surface area contributed by atoms with Gasteiger partial charge >= 0.3 is 0 Å². The third-order valence-corrected chi connectivity index (χ3v) is 3.88. The van der Waals surface area contributed by atoms with Gasteiger partial charge in [-0.3, -0.25) is 4.79 Å². The predicted octanol–water partition coefficient (Wildman–Crippen LogP) is 1.28. The van der Waals surface area contributed by atoms with E-state index in [0.717, 1.165) is 39.1 Å². The molecule has 1 aromatic rings. The number of rotatable bonds is 7. The number of carbonyl (C=O) groups excluding carboxylic acids is 1. The lowest BCUT2D eigenvalue weighted by molar-refractivity contribution is 0.0968. The van der Waals surface area contributed by atoms with Crippen molar-refractivity contribution >= 4 is 5.78 Å². The number of aromatic hydroxyl groups is 1. The number of benzene rings is 1. The summed E-state index contributed by atoms with van der Waals surface area (Å²) >= 11 is 0. The summed E-state index contributed by atoms with van der Waals surface area (Å²) in [5.74, 6) is 0.617. The Morgan fingerprint density at radius 2 is 2.00 bits per heavy atom. The highest BCUT2D eigenvalue weighted by molar-refractivity contribution is 6.01. The van der Waals surface area contributed by atoms with Crippen LogP contribution in [0.5, 0.6) is 17.2 Å². The number of phenolic OH excluding ortho intramolecular Hbond substituents is 1. The minimum absolute atomic E-state index is 0.0941. The van der Waals surface area contributed by atoms with Gasteiger partial charge in [-0.05, 0) is 13.0 Å². The lowest BCUT2D eigenvalue weighted by atomic mass is 10.0. The first-order valence-corrected chi connectivity index (χ1v) is 7.57. The average Bonchev–Trinajstić information content (AvgIpc) is 2.54. The lowest BCUT2D eigenvalue weighted by Gasteiger charge is -2.26. The molecule has 1 aliphatic heterocycles. The van der Waals surface area contributed by atoms with Crippen molar-refractivity contribution in [2.75, 3.05) is 46.9 Å². The van der Waals surface area contributed by atoms with E-state index in [2.05, 4.69) is 10.2 Å². The second-order valence-electron chi connectivity index (χ2n) is 5.34. The van der Waals surface area contributed by atoms with Gasteiger partial charge in [0.2, 0.25) is 0 Å². The number of ether oxygens (including phenoxy) is 2. The quantitative estimate of drug-likeness (QED) is 0.739. The summed E-state index contributed by atoms with van der Waals surface area (Å²) in [6, 6.07) is 3.05. The summed E-state index contributed by atoms with van der Waals surface area (Å²) in [4.78, 5) is 14.7. The van der Waals surface area contributed by atoms with E-state index in [1.807, 2.05) is 0 Å². The topological polar surface area (TPSA) is 71.0 Å². The largest absolute Gasteiger partial charge is 0.507 e. The first-order valence-electron chi connectivity index (χ1n) is 7.57. The van der Waals surface area contributed by atoms with Crippen molar-refractivity contribution in [2.45, 2.75) is 12.8 Å². The molecule has 2 rings (SSSR count). The molecule has 1 fully saturated rings. The number of ketones is 1. The second kappa shape index (κ2) is 8.00. The normalized spacial score (nSPS) is 15.5. The van der Waals surface area contributed by atoms with Crippen LogP contribution in [-0.2, 0) is 0 Å². The van der Waals surface area contributed by atoms with Gasteiger partial charge in [0.05, 0.1) is 14.2 Å². The molecule has 0 atom stereocenters. The van der Waals surface area contributed by atoms with Gasteiger partial charge in [-0.1, -0.05) is 0 Å². The van der Waals surface area contributed by atoms with Crippen LogP contribution in [0.2, 0.25) is 0 Å². The first-order chi connectivity index (χ1) is 10.7. The number of phenols is 1. The minimum Gasteiger partial charge on any atom is -0.507 e. The lowest BCUT2D eigenvalue weighted by Crippen LogP contribution is -2.43. The number of Topliss-reactive ketones (excluding diaryl/α,β-unsaturated/α-hetero) is 1. The Bertz CT molecular complexity index is 513. The monoisotopic (exact) mass is 308 g/mol.